The molecule has 0 bridgehead atoms. The minimum absolute atomic E-state index is 0.0877. The Balaban J connectivity index is 1.86. The first-order valence-electron chi connectivity index (χ1n) is 12.3. The van der Waals surface area contributed by atoms with E-state index in [2.05, 4.69) is 4.98 Å². The summed E-state index contributed by atoms with van der Waals surface area (Å²) in [7, 11) is 4.44. The number of phenolic OH excluding ortho intramolecular Hbond substituents is 1. The molecule has 1 heterocycles. The van der Waals surface area contributed by atoms with Crippen molar-refractivity contribution >= 4 is 11.8 Å². The van der Waals surface area contributed by atoms with Crippen molar-refractivity contribution < 1.29 is 24.1 Å². The van der Waals surface area contributed by atoms with Crippen molar-refractivity contribution in [3.63, 3.8) is 0 Å². The number of anilines is 1. The fraction of sp³-hybridized carbons (Fsp3) is 0.233. The molecule has 0 amide bonds. The molecule has 4 rings (SSSR count). The maximum atomic E-state index is 13.9. The quantitative estimate of drug-likeness (QED) is 0.315. The number of methoxy groups -OCH3 is 3. The van der Waals surface area contributed by atoms with Crippen LogP contribution in [0.2, 0.25) is 0 Å². The number of hydrogen-bond acceptors (Lipinski definition) is 8. The van der Waals surface area contributed by atoms with Crippen LogP contribution in [0.3, 0.4) is 0 Å². The fourth-order valence-corrected chi connectivity index (χ4v) is 4.55. The molecule has 202 valence electrons. The van der Waals surface area contributed by atoms with Gasteiger partial charge in [-0.05, 0) is 72.5 Å². The van der Waals surface area contributed by atoms with E-state index in [4.69, 9.17) is 14.2 Å². The summed E-state index contributed by atoms with van der Waals surface area (Å²) in [4.78, 5) is 33.4. The lowest BCUT2D eigenvalue weighted by atomic mass is 10.1. The monoisotopic (exact) mass is 529 g/mol. The van der Waals surface area contributed by atoms with Gasteiger partial charge < -0.3 is 24.2 Å². The second kappa shape index (κ2) is 11.7. The number of carbonyl (C=O) groups is 1. The Morgan fingerprint density at radius 1 is 0.872 bits per heavy atom. The fourth-order valence-electron chi connectivity index (χ4n) is 4.55. The zero-order valence-electron chi connectivity index (χ0n) is 22.6. The highest BCUT2D eigenvalue weighted by Crippen LogP contribution is 2.26. The second-order valence-corrected chi connectivity index (χ2v) is 9.09. The lowest BCUT2D eigenvalue weighted by Crippen LogP contribution is -2.33. The SMILES string of the molecule is COC(=O)c1c(N(Cc2ccc(OC)cc2)Cc2ccc(OC)cc2)ncn(-c2c(C)cc(O)cc2C)c1=O. The van der Waals surface area contributed by atoms with Gasteiger partial charge in [0, 0.05) is 13.1 Å². The van der Waals surface area contributed by atoms with E-state index in [9.17, 15) is 14.7 Å². The van der Waals surface area contributed by atoms with E-state index in [0.717, 1.165) is 22.6 Å². The number of carbonyl (C=O) groups excluding carboxylic acids is 1. The van der Waals surface area contributed by atoms with Gasteiger partial charge in [-0.3, -0.25) is 9.36 Å². The summed E-state index contributed by atoms with van der Waals surface area (Å²) in [6, 6.07) is 18.2. The Morgan fingerprint density at radius 3 is 1.79 bits per heavy atom. The maximum Gasteiger partial charge on any atom is 0.347 e. The number of aromatic nitrogens is 2. The standard InChI is InChI=1S/C30H31N3O6/c1-19-14-23(34)15-20(2)27(19)33-18-31-28(26(29(33)35)30(36)39-5)32(16-21-6-10-24(37-3)11-7-21)17-22-8-12-25(38-4)13-9-22/h6-15,18,34H,16-17H2,1-5H3. The van der Waals surface area contributed by atoms with Crippen molar-refractivity contribution in [2.45, 2.75) is 26.9 Å². The molecule has 9 nitrogen and oxygen atoms in total. The molecule has 9 heteroatoms. The summed E-state index contributed by atoms with van der Waals surface area (Å²) in [5.74, 6) is 0.932. The van der Waals surface area contributed by atoms with E-state index in [0.29, 0.717) is 29.9 Å². The predicted octanol–water partition coefficient (Wildman–Crippen LogP) is 4.57. The van der Waals surface area contributed by atoms with Crippen molar-refractivity contribution in [3.8, 4) is 22.9 Å². The summed E-state index contributed by atoms with van der Waals surface area (Å²) in [6.45, 7) is 4.27. The molecule has 0 saturated heterocycles. The number of phenols is 1. The van der Waals surface area contributed by atoms with Crippen LogP contribution in [-0.4, -0.2) is 42.0 Å². The minimum Gasteiger partial charge on any atom is -0.508 e. The molecule has 0 spiro atoms. The molecule has 39 heavy (non-hydrogen) atoms. The predicted molar refractivity (Wildman–Crippen MR) is 148 cm³/mol. The van der Waals surface area contributed by atoms with Crippen LogP contribution in [0.15, 0.2) is 71.8 Å². The Bertz CT molecular complexity index is 1460. The molecule has 0 aliphatic rings. The lowest BCUT2D eigenvalue weighted by molar-refractivity contribution is 0.0598. The van der Waals surface area contributed by atoms with Crippen LogP contribution < -0.4 is 19.9 Å². The molecular formula is C30H31N3O6. The number of hydrogen-bond donors (Lipinski definition) is 1. The smallest absolute Gasteiger partial charge is 0.347 e. The van der Waals surface area contributed by atoms with Crippen molar-refractivity contribution in [1.82, 2.24) is 9.55 Å². The van der Waals surface area contributed by atoms with E-state index in [1.807, 2.05) is 53.4 Å². The Hall–Kier alpha value is -4.79. The van der Waals surface area contributed by atoms with Gasteiger partial charge in [0.05, 0.1) is 27.0 Å². The first-order chi connectivity index (χ1) is 18.7. The van der Waals surface area contributed by atoms with Gasteiger partial charge >= 0.3 is 5.97 Å². The molecule has 1 aromatic heterocycles. The number of ether oxygens (including phenoxy) is 3. The Kier molecular flexibility index (Phi) is 8.19. The normalized spacial score (nSPS) is 10.7. The molecule has 0 aliphatic carbocycles. The van der Waals surface area contributed by atoms with E-state index in [1.165, 1.54) is 18.0 Å². The number of nitrogens with zero attached hydrogens (tertiary/aromatic N) is 3. The number of aryl methyl sites for hydroxylation is 2. The Morgan fingerprint density at radius 2 is 1.36 bits per heavy atom. The molecule has 0 fully saturated rings. The van der Waals surface area contributed by atoms with E-state index >= 15 is 0 Å². The third-order valence-corrected chi connectivity index (χ3v) is 6.42. The van der Waals surface area contributed by atoms with Crippen molar-refractivity contribution in [2.75, 3.05) is 26.2 Å². The van der Waals surface area contributed by atoms with Gasteiger partial charge in [0.15, 0.2) is 11.4 Å². The van der Waals surface area contributed by atoms with Crippen LogP contribution in [0.1, 0.15) is 32.6 Å². The number of rotatable bonds is 9. The molecule has 0 aliphatic heterocycles. The van der Waals surface area contributed by atoms with Crippen LogP contribution in [0.25, 0.3) is 5.69 Å². The molecule has 0 atom stereocenters. The molecular weight excluding hydrogens is 498 g/mol. The molecule has 1 N–H and O–H groups in total. The highest BCUT2D eigenvalue weighted by atomic mass is 16.5. The van der Waals surface area contributed by atoms with Crippen LogP contribution in [0.5, 0.6) is 17.2 Å². The second-order valence-electron chi connectivity index (χ2n) is 9.09. The molecule has 4 aromatic rings. The minimum atomic E-state index is -0.791. The largest absolute Gasteiger partial charge is 0.508 e. The topological polar surface area (TPSA) is 103 Å². The van der Waals surface area contributed by atoms with Gasteiger partial charge in [-0.2, -0.15) is 0 Å². The first kappa shape index (κ1) is 27.3. The van der Waals surface area contributed by atoms with Gasteiger partial charge in [0.1, 0.15) is 23.6 Å². The zero-order valence-corrected chi connectivity index (χ0v) is 22.6. The zero-order chi connectivity index (χ0) is 28.1. The average molecular weight is 530 g/mol. The van der Waals surface area contributed by atoms with Crippen molar-refractivity contribution in [3.05, 3.63) is 105 Å². The van der Waals surface area contributed by atoms with Gasteiger partial charge in [0.2, 0.25) is 0 Å². The summed E-state index contributed by atoms with van der Waals surface area (Å²) in [6.07, 6.45) is 1.41. The third-order valence-electron chi connectivity index (χ3n) is 6.42. The highest BCUT2D eigenvalue weighted by Gasteiger charge is 2.26. The third kappa shape index (κ3) is 5.87. The average Bonchev–Trinajstić information content (AvgIpc) is 2.93. The first-order valence-corrected chi connectivity index (χ1v) is 12.3. The van der Waals surface area contributed by atoms with Crippen LogP contribution in [0.4, 0.5) is 5.82 Å². The van der Waals surface area contributed by atoms with Gasteiger partial charge in [-0.25, -0.2) is 9.78 Å². The number of benzene rings is 3. The van der Waals surface area contributed by atoms with E-state index < -0.39 is 11.5 Å². The van der Waals surface area contributed by atoms with Crippen LogP contribution in [0, 0.1) is 13.8 Å². The molecule has 0 saturated carbocycles. The van der Waals surface area contributed by atoms with Crippen LogP contribution >= 0.6 is 0 Å². The number of esters is 1. The number of aromatic hydroxyl groups is 1. The van der Waals surface area contributed by atoms with Gasteiger partial charge in [-0.1, -0.05) is 24.3 Å². The van der Waals surface area contributed by atoms with Gasteiger partial charge in [-0.15, -0.1) is 0 Å². The van der Waals surface area contributed by atoms with Crippen molar-refractivity contribution in [2.24, 2.45) is 0 Å². The summed E-state index contributed by atoms with van der Waals surface area (Å²) in [5, 5.41) is 9.98. The Labute approximate surface area is 226 Å². The van der Waals surface area contributed by atoms with E-state index in [1.54, 1.807) is 40.2 Å². The summed E-state index contributed by atoms with van der Waals surface area (Å²) >= 11 is 0. The maximum absolute atomic E-state index is 13.9. The van der Waals surface area contributed by atoms with Crippen molar-refractivity contribution in [1.29, 1.82) is 0 Å². The summed E-state index contributed by atoms with van der Waals surface area (Å²) < 4.78 is 16.9. The molecule has 3 aromatic carbocycles. The van der Waals surface area contributed by atoms with E-state index in [-0.39, 0.29) is 17.1 Å². The highest BCUT2D eigenvalue weighted by molar-refractivity contribution is 5.94. The summed E-state index contributed by atoms with van der Waals surface area (Å²) in [5.41, 5.74) is 2.96. The lowest BCUT2D eigenvalue weighted by Gasteiger charge is -2.26. The van der Waals surface area contributed by atoms with Crippen LogP contribution in [-0.2, 0) is 17.8 Å². The van der Waals surface area contributed by atoms with Gasteiger partial charge in [0.25, 0.3) is 5.56 Å². The molecule has 0 radical (unpaired) electrons. The molecule has 0 unspecified atom stereocenters.